The van der Waals surface area contributed by atoms with Gasteiger partial charge < -0.3 is 15.2 Å². The van der Waals surface area contributed by atoms with Crippen molar-refractivity contribution >= 4 is 23.0 Å². The van der Waals surface area contributed by atoms with Gasteiger partial charge in [-0.15, -0.1) is 0 Å². The van der Waals surface area contributed by atoms with Crippen molar-refractivity contribution < 1.29 is 4.79 Å². The Bertz CT molecular complexity index is 1140. The Morgan fingerprint density at radius 3 is 2.97 bits per heavy atom. The molecule has 2 N–H and O–H groups in total. The molecule has 2 aromatic carbocycles. The van der Waals surface area contributed by atoms with Crippen LogP contribution in [0.3, 0.4) is 0 Å². The third kappa shape index (κ3) is 4.47. The average Bonchev–Trinajstić information content (AvgIpc) is 3.30. The molecular formula is C26H28N4O. The van der Waals surface area contributed by atoms with Gasteiger partial charge in [-0.1, -0.05) is 36.4 Å². The number of hydrogen-bond donors (Lipinski definition) is 2. The van der Waals surface area contributed by atoms with Gasteiger partial charge in [-0.05, 0) is 67.5 Å². The van der Waals surface area contributed by atoms with Crippen molar-refractivity contribution in [1.29, 1.82) is 0 Å². The highest BCUT2D eigenvalue weighted by molar-refractivity contribution is 6.01. The smallest absolute Gasteiger partial charge is 0.255 e. The molecule has 5 heteroatoms. The number of nitrogens with zero attached hydrogens (tertiary/aromatic N) is 2. The Kier molecular flexibility index (Phi) is 5.67. The van der Waals surface area contributed by atoms with Gasteiger partial charge in [0.15, 0.2) is 0 Å². The van der Waals surface area contributed by atoms with Gasteiger partial charge in [0.05, 0.1) is 11.7 Å². The minimum Gasteiger partial charge on any atom is -0.343 e. The van der Waals surface area contributed by atoms with Gasteiger partial charge in [0.2, 0.25) is 0 Å². The topological polar surface area (TPSA) is 58.4 Å². The summed E-state index contributed by atoms with van der Waals surface area (Å²) in [6, 6.07) is 18.9. The molecule has 0 saturated heterocycles. The third-order valence-corrected chi connectivity index (χ3v) is 6.14. The van der Waals surface area contributed by atoms with Gasteiger partial charge in [0.1, 0.15) is 0 Å². The Hall–Kier alpha value is -3.18. The van der Waals surface area contributed by atoms with E-state index in [1.54, 1.807) is 6.21 Å². The minimum absolute atomic E-state index is 0.0770. The first-order valence-electron chi connectivity index (χ1n) is 11.2. The number of benzene rings is 2. The number of nitrogens with one attached hydrogen (secondary N) is 2. The molecule has 5 rings (SSSR count). The standard InChI is InChI=1S/C26H28N4O/c31-26(21-11-10-20-14-24-18-27-12-5-13-30(24)25(20)15-21)29-23-16-22(28-17-23)9-4-8-19-6-2-1-3-7-19/h1-3,6-7,10-11,14-17,22,27H,4-5,8-9,12-13,18H2,(H,29,31). The lowest BCUT2D eigenvalue weighted by Crippen LogP contribution is -2.23. The summed E-state index contributed by atoms with van der Waals surface area (Å²) in [5.41, 5.74) is 5.27. The van der Waals surface area contributed by atoms with Crippen LogP contribution in [-0.2, 0) is 19.5 Å². The number of hydrogen-bond acceptors (Lipinski definition) is 3. The van der Waals surface area contributed by atoms with Gasteiger partial charge in [0, 0.05) is 36.1 Å². The summed E-state index contributed by atoms with van der Waals surface area (Å²) in [6.07, 6.45) is 8.08. The maximum Gasteiger partial charge on any atom is 0.255 e. The number of carbonyl (C=O) groups is 1. The Labute approximate surface area is 182 Å². The maximum atomic E-state index is 12.9. The molecule has 1 amide bonds. The molecule has 1 unspecified atom stereocenters. The van der Waals surface area contributed by atoms with Gasteiger partial charge in [-0.25, -0.2) is 0 Å². The number of carbonyl (C=O) groups excluding carboxylic acids is 1. The number of aliphatic imine (C=N–C) groups is 1. The molecule has 2 aliphatic heterocycles. The predicted molar refractivity (Wildman–Crippen MR) is 125 cm³/mol. The summed E-state index contributed by atoms with van der Waals surface area (Å²) in [6.45, 7) is 2.90. The van der Waals surface area contributed by atoms with Crippen molar-refractivity contribution in [3.63, 3.8) is 0 Å². The van der Waals surface area contributed by atoms with Gasteiger partial charge in [-0.3, -0.25) is 9.79 Å². The van der Waals surface area contributed by atoms with Crippen molar-refractivity contribution in [2.45, 2.75) is 44.8 Å². The van der Waals surface area contributed by atoms with E-state index in [2.05, 4.69) is 62.7 Å². The Morgan fingerprint density at radius 2 is 2.06 bits per heavy atom. The zero-order valence-corrected chi connectivity index (χ0v) is 17.7. The van der Waals surface area contributed by atoms with E-state index in [0.717, 1.165) is 56.5 Å². The first kappa shape index (κ1) is 19.8. The normalized spacial score (nSPS) is 17.9. The van der Waals surface area contributed by atoms with E-state index < -0.39 is 0 Å². The molecule has 0 saturated carbocycles. The molecule has 0 radical (unpaired) electrons. The van der Waals surface area contributed by atoms with Crippen LogP contribution in [0.2, 0.25) is 0 Å². The van der Waals surface area contributed by atoms with Crippen molar-refractivity contribution in [1.82, 2.24) is 15.2 Å². The summed E-state index contributed by atoms with van der Waals surface area (Å²) in [5.74, 6) is -0.0770. The number of rotatable bonds is 6. The molecule has 2 aliphatic rings. The van der Waals surface area contributed by atoms with Crippen LogP contribution in [0.1, 0.15) is 40.9 Å². The van der Waals surface area contributed by atoms with Crippen LogP contribution in [0.4, 0.5) is 0 Å². The molecule has 3 aromatic rings. The Morgan fingerprint density at radius 1 is 1.16 bits per heavy atom. The summed E-state index contributed by atoms with van der Waals surface area (Å²) in [4.78, 5) is 17.4. The van der Waals surface area contributed by atoms with Crippen molar-refractivity contribution in [2.75, 3.05) is 6.54 Å². The average molecular weight is 413 g/mol. The predicted octanol–water partition coefficient (Wildman–Crippen LogP) is 4.22. The number of fused-ring (bicyclic) bond motifs is 3. The molecule has 0 aliphatic carbocycles. The molecule has 0 spiro atoms. The van der Waals surface area contributed by atoms with Gasteiger partial charge in [-0.2, -0.15) is 0 Å². The zero-order chi connectivity index (χ0) is 21.0. The second-order valence-corrected chi connectivity index (χ2v) is 8.39. The molecule has 0 bridgehead atoms. The molecule has 1 aromatic heterocycles. The lowest BCUT2D eigenvalue weighted by atomic mass is 10.1. The fraction of sp³-hybridized carbons (Fsp3) is 0.308. The molecule has 1 atom stereocenters. The fourth-order valence-electron chi connectivity index (χ4n) is 4.51. The molecule has 0 fully saturated rings. The van der Waals surface area contributed by atoms with Crippen LogP contribution < -0.4 is 10.6 Å². The molecule has 158 valence electrons. The van der Waals surface area contributed by atoms with Crippen LogP contribution in [0.5, 0.6) is 0 Å². The molecule has 3 heterocycles. The quantitative estimate of drug-likeness (QED) is 0.637. The lowest BCUT2D eigenvalue weighted by molar-refractivity contribution is 0.0968. The van der Waals surface area contributed by atoms with E-state index in [9.17, 15) is 4.79 Å². The number of allylic oxidation sites excluding steroid dienone is 1. The largest absolute Gasteiger partial charge is 0.343 e. The summed E-state index contributed by atoms with van der Waals surface area (Å²) in [5, 5.41) is 7.68. The van der Waals surface area contributed by atoms with Crippen molar-refractivity contribution in [2.24, 2.45) is 4.99 Å². The zero-order valence-electron chi connectivity index (χ0n) is 17.7. The first-order valence-corrected chi connectivity index (χ1v) is 11.2. The van der Waals surface area contributed by atoms with Crippen LogP contribution in [-0.4, -0.2) is 29.3 Å². The van der Waals surface area contributed by atoms with Gasteiger partial charge in [0.25, 0.3) is 5.91 Å². The van der Waals surface area contributed by atoms with E-state index >= 15 is 0 Å². The Balaban J connectivity index is 1.22. The lowest BCUT2D eigenvalue weighted by Gasteiger charge is -2.08. The van der Waals surface area contributed by atoms with Crippen molar-refractivity contribution in [3.8, 4) is 0 Å². The third-order valence-electron chi connectivity index (χ3n) is 6.14. The first-order chi connectivity index (χ1) is 15.3. The minimum atomic E-state index is -0.0770. The van der Waals surface area contributed by atoms with E-state index in [0.29, 0.717) is 5.56 Å². The van der Waals surface area contributed by atoms with Crippen molar-refractivity contribution in [3.05, 3.63) is 83.2 Å². The monoisotopic (exact) mass is 412 g/mol. The molecule has 5 nitrogen and oxygen atoms in total. The van der Waals surface area contributed by atoms with Crippen LogP contribution >= 0.6 is 0 Å². The van der Waals surface area contributed by atoms with E-state index in [-0.39, 0.29) is 11.9 Å². The van der Waals surface area contributed by atoms with E-state index in [1.165, 1.54) is 16.6 Å². The number of amides is 1. The number of aryl methyl sites for hydroxylation is 2. The second kappa shape index (κ2) is 8.90. The summed E-state index contributed by atoms with van der Waals surface area (Å²) >= 11 is 0. The fourth-order valence-corrected chi connectivity index (χ4v) is 4.51. The summed E-state index contributed by atoms with van der Waals surface area (Å²) in [7, 11) is 0. The van der Waals surface area contributed by atoms with E-state index in [1.807, 2.05) is 18.2 Å². The van der Waals surface area contributed by atoms with Gasteiger partial charge >= 0.3 is 0 Å². The highest BCUT2D eigenvalue weighted by Gasteiger charge is 2.16. The van der Waals surface area contributed by atoms with E-state index in [4.69, 9.17) is 0 Å². The highest BCUT2D eigenvalue weighted by Crippen LogP contribution is 2.23. The summed E-state index contributed by atoms with van der Waals surface area (Å²) < 4.78 is 2.34. The number of aromatic nitrogens is 1. The maximum absolute atomic E-state index is 12.9. The molecular weight excluding hydrogens is 384 g/mol. The van der Waals surface area contributed by atoms with Crippen LogP contribution in [0, 0.1) is 0 Å². The SMILES string of the molecule is O=C(NC1=CC(CCCc2ccccc2)N=C1)c1ccc2cc3n(c2c1)CCCNC3. The second-order valence-electron chi connectivity index (χ2n) is 8.39. The highest BCUT2D eigenvalue weighted by atomic mass is 16.1. The van der Waals surface area contributed by atoms with Crippen LogP contribution in [0.15, 0.2) is 71.4 Å². The van der Waals surface area contributed by atoms with Crippen LogP contribution in [0.25, 0.3) is 10.9 Å². The molecule has 31 heavy (non-hydrogen) atoms.